The molecule has 0 atom stereocenters. The summed E-state index contributed by atoms with van der Waals surface area (Å²) in [5, 5.41) is 0.770. The molecule has 3 aromatic rings. The van der Waals surface area contributed by atoms with E-state index in [1.165, 1.54) is 0 Å². The number of aryl methyl sites for hydroxylation is 2. The van der Waals surface area contributed by atoms with E-state index in [1.54, 1.807) is 12.1 Å². The standard InChI is InChI=1S/C28H32BrCl2N3O6S2/c1-4-32-24-17-21(30)22(31)18-25(24)34(13-7-15-42(38,39)40)27(32)9-5-8-26-28(2,3)20-16-19(29)10-11-23(20)33(26)12-6-14-41(35,36)37/h5,8-11,16-18H,4,6-7,12-15H2,1-3H3,(H-,35,36,37,38,39,40)/p+1. The Morgan fingerprint density at radius 1 is 1.00 bits per heavy atom. The Balaban J connectivity index is 1.79. The van der Waals surface area contributed by atoms with Crippen molar-refractivity contribution in [3.8, 4) is 0 Å². The summed E-state index contributed by atoms with van der Waals surface area (Å²) in [7, 11) is -8.22. The van der Waals surface area contributed by atoms with Crippen molar-refractivity contribution in [3.63, 3.8) is 0 Å². The molecule has 2 heterocycles. The van der Waals surface area contributed by atoms with Gasteiger partial charge in [0.15, 0.2) is 11.0 Å². The molecule has 2 aromatic carbocycles. The third-order valence-corrected chi connectivity index (χ3v) is 10.2. The molecule has 9 nitrogen and oxygen atoms in total. The van der Waals surface area contributed by atoms with E-state index in [-0.39, 0.29) is 24.3 Å². The Kier molecular flexibility index (Phi) is 9.88. The van der Waals surface area contributed by atoms with Gasteiger partial charge in [-0.15, -0.1) is 0 Å². The zero-order valence-electron chi connectivity index (χ0n) is 23.4. The highest BCUT2D eigenvalue weighted by molar-refractivity contribution is 9.10. The quantitative estimate of drug-likeness (QED) is 0.177. The van der Waals surface area contributed by atoms with Crippen molar-refractivity contribution >= 4 is 82.2 Å². The summed E-state index contributed by atoms with van der Waals surface area (Å²) in [5.41, 5.74) is 4.19. The minimum Gasteiger partial charge on any atom is -0.344 e. The van der Waals surface area contributed by atoms with Crippen LogP contribution in [0.15, 0.2) is 52.7 Å². The topological polar surface area (TPSA) is 121 Å². The Morgan fingerprint density at radius 3 is 2.29 bits per heavy atom. The van der Waals surface area contributed by atoms with Gasteiger partial charge in [0.1, 0.15) is 0 Å². The highest BCUT2D eigenvalue weighted by atomic mass is 79.9. The summed E-state index contributed by atoms with van der Waals surface area (Å²) in [5.74, 6) is 0.0601. The molecule has 0 spiro atoms. The number of rotatable bonds is 11. The van der Waals surface area contributed by atoms with Crippen molar-refractivity contribution in [2.45, 2.75) is 52.1 Å². The summed E-state index contributed by atoms with van der Waals surface area (Å²) in [6.45, 7) is 7.49. The lowest BCUT2D eigenvalue weighted by Gasteiger charge is -2.27. The molecule has 0 bridgehead atoms. The van der Waals surface area contributed by atoms with Crippen LogP contribution < -0.4 is 9.47 Å². The first-order valence-corrected chi connectivity index (χ1v) is 18.1. The predicted octanol–water partition coefficient (Wildman–Crippen LogP) is 6.27. The van der Waals surface area contributed by atoms with Crippen molar-refractivity contribution in [2.24, 2.45) is 0 Å². The molecular formula is C28H33BrCl2N3O6S2+. The first-order chi connectivity index (χ1) is 19.5. The molecule has 0 radical (unpaired) electrons. The molecule has 1 aliphatic rings. The first-order valence-electron chi connectivity index (χ1n) is 13.3. The van der Waals surface area contributed by atoms with Crippen molar-refractivity contribution in [2.75, 3.05) is 23.0 Å². The van der Waals surface area contributed by atoms with Crippen LogP contribution in [-0.2, 0) is 38.7 Å². The molecule has 2 N–H and O–H groups in total. The van der Waals surface area contributed by atoms with Crippen molar-refractivity contribution in [1.29, 1.82) is 0 Å². The van der Waals surface area contributed by atoms with Crippen LogP contribution in [0, 0.1) is 0 Å². The highest BCUT2D eigenvalue weighted by Gasteiger charge is 2.39. The number of hydrogen-bond acceptors (Lipinski definition) is 5. The number of nitrogens with zero attached hydrogens (tertiary/aromatic N) is 3. The monoisotopic (exact) mass is 720 g/mol. The van der Waals surface area contributed by atoms with E-state index in [4.69, 9.17) is 23.2 Å². The smallest absolute Gasteiger partial charge is 0.282 e. The number of hydrogen-bond donors (Lipinski definition) is 2. The molecule has 1 aliphatic heterocycles. The van der Waals surface area contributed by atoms with E-state index < -0.39 is 25.7 Å². The molecule has 4 rings (SSSR count). The number of allylic oxidation sites excluding steroid dienone is 3. The molecule has 0 amide bonds. The van der Waals surface area contributed by atoms with Crippen molar-refractivity contribution in [1.82, 2.24) is 4.57 Å². The lowest BCUT2D eigenvalue weighted by atomic mass is 9.84. The highest BCUT2D eigenvalue weighted by Crippen LogP contribution is 2.48. The van der Waals surface area contributed by atoms with Gasteiger partial charge in [-0.1, -0.05) is 59.1 Å². The van der Waals surface area contributed by atoms with Gasteiger partial charge in [-0.2, -0.15) is 16.8 Å². The maximum Gasteiger partial charge on any atom is 0.282 e. The molecule has 14 heteroatoms. The number of benzene rings is 2. The lowest BCUT2D eigenvalue weighted by Crippen LogP contribution is -2.37. The Hall–Kier alpha value is -1.93. The number of aromatic nitrogens is 2. The normalized spacial score (nSPS) is 16.3. The number of fused-ring (bicyclic) bond motifs is 2. The van der Waals surface area contributed by atoms with E-state index in [1.807, 2.05) is 41.9 Å². The number of imidazole rings is 1. The minimum absolute atomic E-state index is 0.188. The fraction of sp³-hybridized carbons (Fsp3) is 0.393. The average Bonchev–Trinajstić information content (AvgIpc) is 3.25. The van der Waals surface area contributed by atoms with Gasteiger partial charge in [0.05, 0.1) is 34.6 Å². The van der Waals surface area contributed by atoms with E-state index >= 15 is 0 Å². The largest absolute Gasteiger partial charge is 0.344 e. The van der Waals surface area contributed by atoms with Crippen LogP contribution in [0.25, 0.3) is 17.1 Å². The zero-order chi connectivity index (χ0) is 31.0. The van der Waals surface area contributed by atoms with Gasteiger partial charge in [-0.25, -0.2) is 9.13 Å². The molecule has 0 aliphatic carbocycles. The zero-order valence-corrected chi connectivity index (χ0v) is 28.1. The van der Waals surface area contributed by atoms with Crippen LogP contribution >= 0.6 is 39.1 Å². The van der Waals surface area contributed by atoms with E-state index in [9.17, 15) is 25.9 Å². The average molecular weight is 723 g/mol. The van der Waals surface area contributed by atoms with Crippen LogP contribution in [-0.4, -0.2) is 48.6 Å². The van der Waals surface area contributed by atoms with Gasteiger partial charge in [0.2, 0.25) is 0 Å². The SMILES string of the molecule is CCn1c(C=CC=C2N(CCCS(=O)(=O)O)c3ccc(Br)cc3C2(C)C)[n+](CCCS(=O)(=O)O)c2cc(Cl)c(Cl)cc21. The molecular weight excluding hydrogens is 689 g/mol. The van der Waals surface area contributed by atoms with Crippen LogP contribution in [0.5, 0.6) is 0 Å². The fourth-order valence-corrected chi connectivity index (χ4v) is 7.19. The van der Waals surface area contributed by atoms with Gasteiger partial charge in [0.25, 0.3) is 26.1 Å². The second-order valence-corrected chi connectivity index (χ2v) is 15.5. The summed E-state index contributed by atoms with van der Waals surface area (Å²) >= 11 is 16.3. The third kappa shape index (κ3) is 7.23. The minimum atomic E-state index is -4.12. The van der Waals surface area contributed by atoms with Crippen LogP contribution in [0.4, 0.5) is 5.69 Å². The molecule has 228 valence electrons. The Labute approximate surface area is 265 Å². The van der Waals surface area contributed by atoms with Crippen molar-refractivity contribution in [3.05, 3.63) is 74.1 Å². The molecule has 0 unspecified atom stereocenters. The summed E-state index contributed by atoms with van der Waals surface area (Å²) in [6.07, 6.45) is 6.26. The maximum atomic E-state index is 11.4. The van der Waals surface area contributed by atoms with Crippen LogP contribution in [0.2, 0.25) is 10.0 Å². The Bertz CT molecular complexity index is 1800. The van der Waals surface area contributed by atoms with E-state index in [0.717, 1.165) is 38.3 Å². The van der Waals surface area contributed by atoms with Crippen LogP contribution in [0.3, 0.4) is 0 Å². The molecule has 0 fully saturated rings. The number of halogens is 3. The van der Waals surface area contributed by atoms with E-state index in [0.29, 0.717) is 29.7 Å². The Morgan fingerprint density at radius 2 is 1.64 bits per heavy atom. The summed E-state index contributed by atoms with van der Waals surface area (Å²) in [6, 6.07) is 9.52. The molecule has 1 aromatic heterocycles. The molecule has 42 heavy (non-hydrogen) atoms. The number of anilines is 1. The summed E-state index contributed by atoms with van der Waals surface area (Å²) < 4.78 is 69.1. The maximum absolute atomic E-state index is 11.4. The van der Waals surface area contributed by atoms with Gasteiger partial charge in [0, 0.05) is 52.4 Å². The van der Waals surface area contributed by atoms with Crippen molar-refractivity contribution < 1.29 is 30.5 Å². The first kappa shape index (κ1) is 33.0. The van der Waals surface area contributed by atoms with Crippen LogP contribution in [0.1, 0.15) is 45.0 Å². The van der Waals surface area contributed by atoms with Gasteiger partial charge in [-0.3, -0.25) is 9.11 Å². The lowest BCUT2D eigenvalue weighted by molar-refractivity contribution is -0.673. The molecule has 0 saturated heterocycles. The molecule has 0 saturated carbocycles. The van der Waals surface area contributed by atoms with Gasteiger partial charge >= 0.3 is 0 Å². The fourth-order valence-electron chi connectivity index (χ4n) is 5.52. The van der Waals surface area contributed by atoms with Gasteiger partial charge < -0.3 is 4.90 Å². The second-order valence-electron chi connectivity index (χ2n) is 10.6. The van der Waals surface area contributed by atoms with Gasteiger partial charge in [-0.05, 0) is 43.2 Å². The summed E-state index contributed by atoms with van der Waals surface area (Å²) in [4.78, 5) is 2.08. The third-order valence-electron chi connectivity index (χ3n) is 7.39. The van der Waals surface area contributed by atoms with E-state index in [2.05, 4.69) is 45.3 Å². The predicted molar refractivity (Wildman–Crippen MR) is 172 cm³/mol. The second kappa shape index (κ2) is 12.6.